The van der Waals surface area contributed by atoms with Crippen molar-refractivity contribution in [2.45, 2.75) is 13.8 Å². The Morgan fingerprint density at radius 2 is 1.86 bits per heavy atom. The fraction of sp³-hybridized carbons (Fsp3) is 0.250. The predicted molar refractivity (Wildman–Crippen MR) is 122 cm³/mol. The standard InChI is InChI=1S/C20H20BrIN2O5/c1-3-27-17-10-13(9-16(21)19(17)29-12-18(25)28-4-2)11-23-24-20(26)14-5-7-15(22)8-6-14/h5-11H,3-4,12H2,1-2H3,(H,24,26)/b23-11-. The summed E-state index contributed by atoms with van der Waals surface area (Å²) in [5.41, 5.74) is 3.67. The number of carbonyl (C=O) groups excluding carboxylic acids is 2. The van der Waals surface area contributed by atoms with E-state index in [-0.39, 0.29) is 19.1 Å². The zero-order valence-corrected chi connectivity index (χ0v) is 19.7. The van der Waals surface area contributed by atoms with Crippen molar-refractivity contribution in [1.29, 1.82) is 0 Å². The molecule has 9 heteroatoms. The van der Waals surface area contributed by atoms with E-state index in [0.29, 0.717) is 33.7 Å². The Balaban J connectivity index is 2.10. The van der Waals surface area contributed by atoms with Crippen molar-refractivity contribution in [2.75, 3.05) is 19.8 Å². The van der Waals surface area contributed by atoms with Gasteiger partial charge < -0.3 is 14.2 Å². The zero-order chi connectivity index (χ0) is 21.2. The molecule has 2 rings (SSSR count). The number of benzene rings is 2. The number of nitrogens with zero attached hydrogens (tertiary/aromatic N) is 1. The topological polar surface area (TPSA) is 86.2 Å². The Labute approximate surface area is 191 Å². The summed E-state index contributed by atoms with van der Waals surface area (Å²) in [6.07, 6.45) is 1.49. The van der Waals surface area contributed by atoms with E-state index in [9.17, 15) is 9.59 Å². The number of esters is 1. The number of hydrogen-bond acceptors (Lipinski definition) is 6. The third-order valence-electron chi connectivity index (χ3n) is 3.46. The van der Waals surface area contributed by atoms with Crippen LogP contribution in [0.15, 0.2) is 46.0 Å². The molecule has 0 spiro atoms. The molecule has 0 atom stereocenters. The van der Waals surface area contributed by atoms with Crippen molar-refractivity contribution in [3.63, 3.8) is 0 Å². The Morgan fingerprint density at radius 1 is 1.14 bits per heavy atom. The van der Waals surface area contributed by atoms with Gasteiger partial charge in [-0.05, 0) is 94.3 Å². The lowest BCUT2D eigenvalue weighted by atomic mass is 10.2. The summed E-state index contributed by atoms with van der Waals surface area (Å²) in [7, 11) is 0. The molecule has 2 aromatic carbocycles. The first kappa shape index (κ1) is 23.1. The average Bonchev–Trinajstić information content (AvgIpc) is 2.68. The van der Waals surface area contributed by atoms with Crippen molar-refractivity contribution in [2.24, 2.45) is 5.10 Å². The number of carbonyl (C=O) groups is 2. The SMILES string of the molecule is CCOC(=O)COc1c(Br)cc(/C=N\NC(=O)c2ccc(I)cc2)cc1OCC. The highest BCUT2D eigenvalue weighted by molar-refractivity contribution is 14.1. The molecule has 0 bridgehead atoms. The molecule has 0 unspecified atom stereocenters. The van der Waals surface area contributed by atoms with Crippen molar-refractivity contribution in [3.05, 3.63) is 55.6 Å². The van der Waals surface area contributed by atoms with Gasteiger partial charge in [-0.3, -0.25) is 4.79 Å². The molecule has 0 fully saturated rings. The molecule has 0 aliphatic heterocycles. The maximum atomic E-state index is 12.1. The average molecular weight is 575 g/mol. The Kier molecular flexibility index (Phi) is 9.39. The Bertz CT molecular complexity index is 887. The zero-order valence-electron chi connectivity index (χ0n) is 15.9. The molecule has 0 aromatic heterocycles. The first-order chi connectivity index (χ1) is 13.9. The van der Waals surface area contributed by atoms with E-state index < -0.39 is 5.97 Å². The smallest absolute Gasteiger partial charge is 0.344 e. The van der Waals surface area contributed by atoms with E-state index in [1.807, 2.05) is 19.1 Å². The number of hydrazone groups is 1. The summed E-state index contributed by atoms with van der Waals surface area (Å²) in [5.74, 6) is 0.0542. The normalized spacial score (nSPS) is 10.6. The van der Waals surface area contributed by atoms with Gasteiger partial charge in [0, 0.05) is 9.13 Å². The Hall–Kier alpha value is -2.14. The van der Waals surface area contributed by atoms with Crippen LogP contribution >= 0.6 is 38.5 Å². The second-order valence-corrected chi connectivity index (χ2v) is 7.66. The molecule has 2 aromatic rings. The summed E-state index contributed by atoms with van der Waals surface area (Å²) < 4.78 is 17.6. The number of amides is 1. The number of rotatable bonds is 9. The van der Waals surface area contributed by atoms with Gasteiger partial charge in [-0.1, -0.05) is 0 Å². The molecule has 154 valence electrons. The summed E-state index contributed by atoms with van der Waals surface area (Å²) in [6.45, 7) is 4.03. The first-order valence-electron chi connectivity index (χ1n) is 8.78. The lowest BCUT2D eigenvalue weighted by Crippen LogP contribution is -2.17. The molecule has 1 N–H and O–H groups in total. The van der Waals surface area contributed by atoms with E-state index >= 15 is 0 Å². The molecule has 29 heavy (non-hydrogen) atoms. The lowest BCUT2D eigenvalue weighted by Gasteiger charge is -2.14. The maximum Gasteiger partial charge on any atom is 0.344 e. The fourth-order valence-corrected chi connectivity index (χ4v) is 3.16. The van der Waals surface area contributed by atoms with Crippen LogP contribution in [0.3, 0.4) is 0 Å². The maximum absolute atomic E-state index is 12.1. The number of hydrogen-bond donors (Lipinski definition) is 1. The van der Waals surface area contributed by atoms with Gasteiger partial charge in [-0.15, -0.1) is 0 Å². The summed E-state index contributed by atoms with van der Waals surface area (Å²) >= 11 is 5.59. The van der Waals surface area contributed by atoms with Crippen LogP contribution in [0.1, 0.15) is 29.8 Å². The minimum atomic E-state index is -0.467. The lowest BCUT2D eigenvalue weighted by molar-refractivity contribution is -0.145. The van der Waals surface area contributed by atoms with Gasteiger partial charge in [0.25, 0.3) is 5.91 Å². The molecule has 7 nitrogen and oxygen atoms in total. The van der Waals surface area contributed by atoms with Crippen LogP contribution in [0.25, 0.3) is 0 Å². The van der Waals surface area contributed by atoms with Gasteiger partial charge in [0.1, 0.15) is 0 Å². The van der Waals surface area contributed by atoms with E-state index in [4.69, 9.17) is 14.2 Å². The van der Waals surface area contributed by atoms with Crippen LogP contribution in [0, 0.1) is 3.57 Å². The van der Waals surface area contributed by atoms with Crippen LogP contribution in [0.5, 0.6) is 11.5 Å². The largest absolute Gasteiger partial charge is 0.490 e. The van der Waals surface area contributed by atoms with Crippen molar-refractivity contribution >= 4 is 56.6 Å². The highest BCUT2D eigenvalue weighted by Gasteiger charge is 2.14. The van der Waals surface area contributed by atoms with Gasteiger partial charge in [0.15, 0.2) is 18.1 Å². The van der Waals surface area contributed by atoms with Crippen LogP contribution in [0.4, 0.5) is 0 Å². The van der Waals surface area contributed by atoms with E-state index in [0.717, 1.165) is 3.57 Å². The number of halogens is 2. The van der Waals surface area contributed by atoms with Crippen molar-refractivity contribution < 1.29 is 23.8 Å². The minimum Gasteiger partial charge on any atom is -0.490 e. The van der Waals surface area contributed by atoms with Gasteiger partial charge in [0.2, 0.25) is 0 Å². The predicted octanol–water partition coefficient (Wildman–Crippen LogP) is 4.16. The van der Waals surface area contributed by atoms with Gasteiger partial charge in [-0.25, -0.2) is 10.2 Å². The van der Waals surface area contributed by atoms with Gasteiger partial charge in [-0.2, -0.15) is 5.10 Å². The van der Waals surface area contributed by atoms with Crippen LogP contribution in [-0.2, 0) is 9.53 Å². The summed E-state index contributed by atoms with van der Waals surface area (Å²) in [4.78, 5) is 23.7. The minimum absolute atomic E-state index is 0.230. The molecule has 0 heterocycles. The van der Waals surface area contributed by atoms with Crippen molar-refractivity contribution in [1.82, 2.24) is 5.43 Å². The second-order valence-electron chi connectivity index (χ2n) is 5.56. The van der Waals surface area contributed by atoms with Gasteiger partial charge in [0.05, 0.1) is 23.9 Å². The quantitative estimate of drug-likeness (QED) is 0.210. The third kappa shape index (κ3) is 7.32. The molecular formula is C20H20BrIN2O5. The molecule has 0 saturated heterocycles. The molecule has 0 saturated carbocycles. The van der Waals surface area contributed by atoms with Crippen LogP contribution in [0.2, 0.25) is 0 Å². The highest BCUT2D eigenvalue weighted by atomic mass is 127. The monoisotopic (exact) mass is 574 g/mol. The van der Waals surface area contributed by atoms with E-state index in [1.165, 1.54) is 6.21 Å². The van der Waals surface area contributed by atoms with Crippen LogP contribution < -0.4 is 14.9 Å². The fourth-order valence-electron chi connectivity index (χ4n) is 2.23. The molecule has 0 aliphatic carbocycles. The first-order valence-corrected chi connectivity index (χ1v) is 10.7. The highest BCUT2D eigenvalue weighted by Crippen LogP contribution is 2.36. The number of ether oxygens (including phenoxy) is 3. The molecule has 1 amide bonds. The van der Waals surface area contributed by atoms with E-state index in [2.05, 4.69) is 49.0 Å². The summed E-state index contributed by atoms with van der Waals surface area (Å²) in [5, 5.41) is 3.99. The molecule has 0 aliphatic rings. The summed E-state index contributed by atoms with van der Waals surface area (Å²) in [6, 6.07) is 10.6. The Morgan fingerprint density at radius 3 is 2.52 bits per heavy atom. The van der Waals surface area contributed by atoms with Gasteiger partial charge >= 0.3 is 5.97 Å². The third-order valence-corrected chi connectivity index (χ3v) is 4.77. The van der Waals surface area contributed by atoms with Crippen LogP contribution in [-0.4, -0.2) is 37.9 Å². The van der Waals surface area contributed by atoms with E-state index in [1.54, 1.807) is 31.2 Å². The van der Waals surface area contributed by atoms with Crippen molar-refractivity contribution in [3.8, 4) is 11.5 Å². The second kappa shape index (κ2) is 11.8. The number of nitrogens with one attached hydrogen (secondary N) is 1. The molecular weight excluding hydrogens is 555 g/mol. The molecule has 0 radical (unpaired) electrons.